The van der Waals surface area contributed by atoms with E-state index in [0.717, 1.165) is 19.0 Å². The summed E-state index contributed by atoms with van der Waals surface area (Å²) in [6.45, 7) is 0.145. The van der Waals surface area contributed by atoms with Gasteiger partial charge in [-0.05, 0) is 51.6 Å². The fourth-order valence-electron chi connectivity index (χ4n) is 6.15. The molecule has 3 aliphatic heterocycles. The number of likely N-dealkylation sites (tertiary alicyclic amines) is 1. The summed E-state index contributed by atoms with van der Waals surface area (Å²) in [7, 11) is 2.85. The number of aromatic amines is 1. The number of aromatic nitrogens is 3. The number of carbonyl (C=O) groups excluding carboxylic acids is 2. The molecule has 2 bridgehead atoms. The molecule has 2 N–H and O–H groups in total. The molecule has 38 heavy (non-hydrogen) atoms. The van der Waals surface area contributed by atoms with Crippen molar-refractivity contribution in [2.24, 2.45) is 5.92 Å². The molecule has 0 spiro atoms. The fraction of sp³-hybridized carbons (Fsp3) is 0.600. The average Bonchev–Trinajstić information content (AvgIpc) is 3.45. The number of ether oxygens (including phenoxy) is 1. The lowest BCUT2D eigenvalue weighted by Gasteiger charge is -2.40. The molecule has 0 aromatic carbocycles. The standard InChI is InChI=1S/C25H30F4N6O3/c1-34-12-14(3-6-21(34)25(27,28)29)31-23(36)13-7-15-4-5-16(8-13)35(15)24(37)20-10-19(32-33-20)17-9-22(38-2)30-11-18(17)26/h9-11,13-16,21H,3-8,12H2,1-2H3,(H,31,36)(H,32,33)/t13?,14-,15?,16?,21-/m0/s1. The zero-order chi connectivity index (χ0) is 27.2. The van der Waals surface area contributed by atoms with Gasteiger partial charge in [-0.2, -0.15) is 18.3 Å². The van der Waals surface area contributed by atoms with Crippen LogP contribution in [-0.4, -0.2) is 87.8 Å². The van der Waals surface area contributed by atoms with E-state index in [1.165, 1.54) is 31.2 Å². The van der Waals surface area contributed by atoms with Gasteiger partial charge in [0.2, 0.25) is 11.8 Å². The number of H-pyrrole nitrogens is 1. The third-order valence-corrected chi connectivity index (χ3v) is 8.02. The number of nitrogens with zero attached hydrogens (tertiary/aromatic N) is 4. The van der Waals surface area contributed by atoms with Crippen molar-refractivity contribution in [2.45, 2.75) is 68.9 Å². The second kappa shape index (κ2) is 10.2. The van der Waals surface area contributed by atoms with Gasteiger partial charge in [-0.3, -0.25) is 19.6 Å². The van der Waals surface area contributed by atoms with Gasteiger partial charge < -0.3 is 15.0 Å². The first-order valence-electron chi connectivity index (χ1n) is 12.7. The molecule has 5 heterocycles. The summed E-state index contributed by atoms with van der Waals surface area (Å²) in [5.74, 6) is -1.11. The van der Waals surface area contributed by atoms with E-state index in [0.29, 0.717) is 12.8 Å². The lowest BCUT2D eigenvalue weighted by atomic mass is 9.89. The quantitative estimate of drug-likeness (QED) is 0.567. The van der Waals surface area contributed by atoms with Crippen LogP contribution in [0.5, 0.6) is 5.88 Å². The van der Waals surface area contributed by atoms with Gasteiger partial charge in [0.25, 0.3) is 5.91 Å². The second-order valence-corrected chi connectivity index (χ2v) is 10.4. The normalized spacial score (nSPS) is 27.8. The molecule has 2 unspecified atom stereocenters. The van der Waals surface area contributed by atoms with Gasteiger partial charge in [0.15, 0.2) is 5.82 Å². The predicted molar refractivity (Wildman–Crippen MR) is 128 cm³/mol. The lowest BCUT2D eigenvalue weighted by Crippen LogP contribution is -2.56. The number of nitrogens with one attached hydrogen (secondary N) is 2. The van der Waals surface area contributed by atoms with Crippen LogP contribution in [0.2, 0.25) is 0 Å². The molecule has 3 aliphatic rings. The van der Waals surface area contributed by atoms with E-state index in [2.05, 4.69) is 20.5 Å². The molecule has 4 atom stereocenters. The highest BCUT2D eigenvalue weighted by Gasteiger charge is 2.47. The summed E-state index contributed by atoms with van der Waals surface area (Å²) in [6, 6.07) is 0.808. The van der Waals surface area contributed by atoms with E-state index in [9.17, 15) is 27.2 Å². The maximum Gasteiger partial charge on any atom is 0.404 e. The van der Waals surface area contributed by atoms with Crippen LogP contribution in [0.25, 0.3) is 11.3 Å². The van der Waals surface area contributed by atoms with Crippen molar-refractivity contribution in [2.75, 3.05) is 20.7 Å². The Kier molecular flexibility index (Phi) is 7.05. The molecule has 0 radical (unpaired) electrons. The van der Waals surface area contributed by atoms with Crippen molar-refractivity contribution < 1.29 is 31.9 Å². The highest BCUT2D eigenvalue weighted by molar-refractivity contribution is 5.94. The van der Waals surface area contributed by atoms with Crippen molar-refractivity contribution in [3.63, 3.8) is 0 Å². The number of alkyl halides is 3. The molecular formula is C25H30F4N6O3. The number of halogens is 4. The number of pyridine rings is 1. The number of rotatable bonds is 5. The largest absolute Gasteiger partial charge is 0.481 e. The molecular weight excluding hydrogens is 508 g/mol. The molecule has 5 rings (SSSR count). The Labute approximate surface area is 216 Å². The van der Waals surface area contributed by atoms with Crippen molar-refractivity contribution in [3.8, 4) is 17.1 Å². The third kappa shape index (κ3) is 5.07. The van der Waals surface area contributed by atoms with Gasteiger partial charge in [0, 0.05) is 42.2 Å². The first-order valence-corrected chi connectivity index (χ1v) is 12.7. The molecule has 0 aliphatic carbocycles. The number of piperidine rings is 2. The first-order chi connectivity index (χ1) is 18.0. The number of hydrogen-bond acceptors (Lipinski definition) is 6. The van der Waals surface area contributed by atoms with Crippen LogP contribution in [0, 0.1) is 11.7 Å². The van der Waals surface area contributed by atoms with Crippen LogP contribution in [-0.2, 0) is 4.79 Å². The highest BCUT2D eigenvalue weighted by Crippen LogP contribution is 2.40. The minimum Gasteiger partial charge on any atom is -0.481 e. The molecule has 2 aromatic heterocycles. The first kappa shape index (κ1) is 26.4. The zero-order valence-electron chi connectivity index (χ0n) is 21.1. The van der Waals surface area contributed by atoms with E-state index < -0.39 is 18.0 Å². The minimum atomic E-state index is -4.28. The van der Waals surface area contributed by atoms with Gasteiger partial charge in [0.1, 0.15) is 11.7 Å². The maximum atomic E-state index is 14.3. The van der Waals surface area contributed by atoms with Crippen LogP contribution in [0.3, 0.4) is 0 Å². The van der Waals surface area contributed by atoms with E-state index in [-0.39, 0.29) is 78.1 Å². The van der Waals surface area contributed by atoms with Gasteiger partial charge in [-0.25, -0.2) is 9.37 Å². The number of hydrogen-bond donors (Lipinski definition) is 2. The van der Waals surface area contributed by atoms with Crippen molar-refractivity contribution in [3.05, 3.63) is 29.8 Å². The molecule has 206 valence electrons. The lowest BCUT2D eigenvalue weighted by molar-refractivity contribution is -0.188. The Morgan fingerprint density at radius 3 is 2.47 bits per heavy atom. The number of fused-ring (bicyclic) bond motifs is 2. The van der Waals surface area contributed by atoms with Crippen molar-refractivity contribution in [1.82, 2.24) is 30.3 Å². The van der Waals surface area contributed by atoms with Crippen LogP contribution < -0.4 is 10.1 Å². The summed E-state index contributed by atoms with van der Waals surface area (Å²) >= 11 is 0. The number of amides is 2. The zero-order valence-corrected chi connectivity index (χ0v) is 21.1. The number of methoxy groups -OCH3 is 1. The number of likely N-dealkylation sites (N-methyl/N-ethyl adjacent to an activating group) is 1. The van der Waals surface area contributed by atoms with Crippen LogP contribution >= 0.6 is 0 Å². The predicted octanol–water partition coefficient (Wildman–Crippen LogP) is 3.14. The number of carbonyl (C=O) groups is 2. The Hall–Kier alpha value is -3.22. The van der Waals surface area contributed by atoms with Gasteiger partial charge in [-0.15, -0.1) is 0 Å². The monoisotopic (exact) mass is 538 g/mol. The molecule has 2 amide bonds. The average molecular weight is 539 g/mol. The molecule has 13 heteroatoms. The Balaban J connectivity index is 1.21. The summed E-state index contributed by atoms with van der Waals surface area (Å²) in [5, 5.41) is 9.77. The van der Waals surface area contributed by atoms with E-state index in [4.69, 9.17) is 4.74 Å². The molecule has 3 fully saturated rings. The fourth-order valence-corrected chi connectivity index (χ4v) is 6.15. The molecule has 3 saturated heterocycles. The van der Waals surface area contributed by atoms with E-state index in [1.54, 1.807) is 4.90 Å². The molecule has 2 aromatic rings. The SMILES string of the molecule is COc1cc(-c2cc(C(=O)N3C4CCC3CC(C(=O)N[C@H]3CC[C@@H](C(F)(F)F)N(C)C3)C4)[nH]n2)c(F)cn1. The minimum absolute atomic E-state index is 0.0501. The van der Waals surface area contributed by atoms with Gasteiger partial charge >= 0.3 is 6.18 Å². The molecule has 0 saturated carbocycles. The summed E-state index contributed by atoms with van der Waals surface area (Å²) in [4.78, 5) is 33.3. The van der Waals surface area contributed by atoms with E-state index in [1.807, 2.05) is 0 Å². The maximum absolute atomic E-state index is 14.3. The summed E-state index contributed by atoms with van der Waals surface area (Å²) < 4.78 is 58.8. The van der Waals surface area contributed by atoms with Gasteiger partial charge in [0.05, 0.1) is 19.0 Å². The summed E-state index contributed by atoms with van der Waals surface area (Å²) in [6.07, 6.45) is -0.537. The van der Waals surface area contributed by atoms with E-state index >= 15 is 0 Å². The van der Waals surface area contributed by atoms with Crippen molar-refractivity contribution >= 4 is 11.8 Å². The Morgan fingerprint density at radius 1 is 1.13 bits per heavy atom. The Bertz CT molecular complexity index is 1190. The van der Waals surface area contributed by atoms with Crippen molar-refractivity contribution in [1.29, 1.82) is 0 Å². The van der Waals surface area contributed by atoms with Crippen LogP contribution in [0.4, 0.5) is 17.6 Å². The topological polar surface area (TPSA) is 103 Å². The van der Waals surface area contributed by atoms with Crippen LogP contribution in [0.1, 0.15) is 49.0 Å². The highest BCUT2D eigenvalue weighted by atomic mass is 19.4. The van der Waals surface area contributed by atoms with Crippen LogP contribution in [0.15, 0.2) is 18.3 Å². The summed E-state index contributed by atoms with van der Waals surface area (Å²) in [5.41, 5.74) is 0.623. The Morgan fingerprint density at radius 2 is 1.84 bits per heavy atom. The second-order valence-electron chi connectivity index (χ2n) is 10.4. The molecule has 9 nitrogen and oxygen atoms in total. The van der Waals surface area contributed by atoms with Gasteiger partial charge in [-0.1, -0.05) is 0 Å². The third-order valence-electron chi connectivity index (χ3n) is 8.02. The smallest absolute Gasteiger partial charge is 0.404 e.